The zero-order chi connectivity index (χ0) is 18.5. The fourth-order valence-electron chi connectivity index (χ4n) is 3.92. The molecule has 0 bridgehead atoms. The smallest absolute Gasteiger partial charge is 0.236 e. The molecular weight excluding hydrogens is 326 g/mol. The van der Waals surface area contributed by atoms with E-state index in [-0.39, 0.29) is 17.9 Å². The number of rotatable bonds is 5. The first-order valence-corrected chi connectivity index (χ1v) is 9.91. The maximum absolute atomic E-state index is 12.7. The molecule has 1 aromatic rings. The summed E-state index contributed by atoms with van der Waals surface area (Å²) in [7, 11) is 0. The van der Waals surface area contributed by atoms with Crippen molar-refractivity contribution in [3.05, 3.63) is 35.4 Å². The van der Waals surface area contributed by atoms with Crippen molar-refractivity contribution in [1.82, 2.24) is 15.1 Å². The molecule has 26 heavy (non-hydrogen) atoms. The van der Waals surface area contributed by atoms with Gasteiger partial charge in [-0.05, 0) is 36.3 Å². The Balaban J connectivity index is 1.51. The van der Waals surface area contributed by atoms with Crippen LogP contribution in [-0.4, -0.2) is 60.4 Å². The van der Waals surface area contributed by atoms with Crippen molar-refractivity contribution < 1.29 is 9.59 Å². The van der Waals surface area contributed by atoms with Crippen molar-refractivity contribution in [2.75, 3.05) is 32.7 Å². The largest absolute Gasteiger partial charge is 0.341 e. The van der Waals surface area contributed by atoms with Crippen LogP contribution in [0.25, 0.3) is 0 Å². The fourth-order valence-corrected chi connectivity index (χ4v) is 3.92. The van der Waals surface area contributed by atoms with Gasteiger partial charge < -0.3 is 15.1 Å². The van der Waals surface area contributed by atoms with Crippen LogP contribution < -0.4 is 5.32 Å². The highest BCUT2D eigenvalue weighted by Gasteiger charge is 2.31. The van der Waals surface area contributed by atoms with Crippen molar-refractivity contribution >= 4 is 11.8 Å². The quantitative estimate of drug-likeness (QED) is 0.879. The number of likely N-dealkylation sites (tertiary alicyclic amines) is 1. The number of hydrogen-bond donors (Lipinski definition) is 1. The third-order valence-electron chi connectivity index (χ3n) is 5.59. The van der Waals surface area contributed by atoms with Gasteiger partial charge in [-0.25, -0.2) is 0 Å². The Morgan fingerprint density at radius 3 is 2.69 bits per heavy atom. The van der Waals surface area contributed by atoms with Crippen molar-refractivity contribution in [3.63, 3.8) is 0 Å². The van der Waals surface area contributed by atoms with E-state index in [9.17, 15) is 9.59 Å². The van der Waals surface area contributed by atoms with Gasteiger partial charge in [-0.2, -0.15) is 0 Å². The number of benzene rings is 1. The van der Waals surface area contributed by atoms with Crippen molar-refractivity contribution in [1.29, 1.82) is 0 Å². The number of piperidine rings is 1. The fraction of sp³-hybridized carbons (Fsp3) is 0.619. The van der Waals surface area contributed by atoms with Crippen molar-refractivity contribution in [2.24, 2.45) is 0 Å². The topological polar surface area (TPSA) is 52.7 Å². The number of amides is 2. The Bertz CT molecular complexity index is 627. The van der Waals surface area contributed by atoms with E-state index in [0.717, 1.165) is 38.9 Å². The van der Waals surface area contributed by atoms with Crippen LogP contribution in [0.2, 0.25) is 0 Å². The van der Waals surface area contributed by atoms with E-state index in [2.05, 4.69) is 43.4 Å². The van der Waals surface area contributed by atoms with Crippen LogP contribution in [0, 0.1) is 0 Å². The molecule has 1 atom stereocenters. The second-order valence-corrected chi connectivity index (χ2v) is 7.80. The first-order chi connectivity index (χ1) is 12.5. The molecule has 0 aromatic heterocycles. The van der Waals surface area contributed by atoms with Gasteiger partial charge >= 0.3 is 0 Å². The SMILES string of the molecule is CC(C)c1ccc(CCC(=O)N2CCCC(N3CCNCC3=O)C2)cc1. The van der Waals surface area contributed by atoms with Gasteiger partial charge in [-0.15, -0.1) is 0 Å². The van der Waals surface area contributed by atoms with Crippen LogP contribution in [0.3, 0.4) is 0 Å². The second kappa shape index (κ2) is 8.67. The van der Waals surface area contributed by atoms with Crippen LogP contribution in [-0.2, 0) is 16.0 Å². The molecule has 0 saturated carbocycles. The lowest BCUT2D eigenvalue weighted by molar-refractivity contribution is -0.140. The normalized spacial score (nSPS) is 21.3. The van der Waals surface area contributed by atoms with Gasteiger partial charge in [0.05, 0.1) is 6.54 Å². The lowest BCUT2D eigenvalue weighted by Crippen LogP contribution is -2.57. The molecule has 142 valence electrons. The average molecular weight is 357 g/mol. The Hall–Kier alpha value is -1.88. The van der Waals surface area contributed by atoms with E-state index < -0.39 is 0 Å². The Labute approximate surface area is 156 Å². The zero-order valence-corrected chi connectivity index (χ0v) is 16.0. The lowest BCUT2D eigenvalue weighted by Gasteiger charge is -2.41. The summed E-state index contributed by atoms with van der Waals surface area (Å²) in [5.74, 6) is 0.912. The van der Waals surface area contributed by atoms with Crippen LogP contribution >= 0.6 is 0 Å². The summed E-state index contributed by atoms with van der Waals surface area (Å²) < 4.78 is 0. The summed E-state index contributed by atoms with van der Waals surface area (Å²) in [6, 6.07) is 8.80. The van der Waals surface area contributed by atoms with Gasteiger partial charge in [-0.3, -0.25) is 9.59 Å². The molecule has 2 fully saturated rings. The molecule has 0 radical (unpaired) electrons. The number of hydrogen-bond acceptors (Lipinski definition) is 3. The predicted molar refractivity (Wildman–Crippen MR) is 103 cm³/mol. The van der Waals surface area contributed by atoms with E-state index in [4.69, 9.17) is 0 Å². The highest BCUT2D eigenvalue weighted by atomic mass is 16.2. The molecule has 1 N–H and O–H groups in total. The van der Waals surface area contributed by atoms with Crippen molar-refractivity contribution in [3.8, 4) is 0 Å². The third-order valence-corrected chi connectivity index (χ3v) is 5.59. The highest BCUT2D eigenvalue weighted by molar-refractivity contribution is 5.80. The molecule has 1 unspecified atom stereocenters. The van der Waals surface area contributed by atoms with Crippen LogP contribution in [0.4, 0.5) is 0 Å². The van der Waals surface area contributed by atoms with Crippen LogP contribution in [0.1, 0.15) is 50.2 Å². The van der Waals surface area contributed by atoms with Crippen LogP contribution in [0.5, 0.6) is 0 Å². The van der Waals surface area contributed by atoms with Gasteiger partial charge in [0.25, 0.3) is 0 Å². The van der Waals surface area contributed by atoms with E-state index in [1.165, 1.54) is 11.1 Å². The minimum atomic E-state index is 0.167. The summed E-state index contributed by atoms with van der Waals surface area (Å²) in [4.78, 5) is 28.7. The Morgan fingerprint density at radius 2 is 2.00 bits per heavy atom. The maximum atomic E-state index is 12.7. The molecule has 1 aromatic carbocycles. The molecule has 2 aliphatic heterocycles. The van der Waals surface area contributed by atoms with Gasteiger partial charge in [0.2, 0.25) is 11.8 Å². The average Bonchev–Trinajstić information content (AvgIpc) is 2.67. The summed E-state index contributed by atoms with van der Waals surface area (Å²) in [5.41, 5.74) is 2.55. The third kappa shape index (κ3) is 4.64. The number of nitrogens with zero attached hydrogens (tertiary/aromatic N) is 2. The minimum absolute atomic E-state index is 0.167. The Kier molecular flexibility index (Phi) is 6.30. The summed E-state index contributed by atoms with van der Waals surface area (Å²) >= 11 is 0. The van der Waals surface area contributed by atoms with Crippen molar-refractivity contribution in [2.45, 2.75) is 51.5 Å². The molecular formula is C21H31N3O2. The van der Waals surface area contributed by atoms with E-state index in [1.807, 2.05) is 9.80 Å². The first kappa shape index (κ1) is 18.9. The summed E-state index contributed by atoms with van der Waals surface area (Å²) in [5, 5.41) is 3.12. The number of carbonyl (C=O) groups excluding carboxylic acids is 2. The van der Waals surface area contributed by atoms with Gasteiger partial charge in [0, 0.05) is 38.6 Å². The van der Waals surface area contributed by atoms with E-state index in [0.29, 0.717) is 25.4 Å². The standard InChI is InChI=1S/C21H31N3O2/c1-16(2)18-8-5-17(6-9-18)7-10-20(25)23-12-3-4-19(15-23)24-13-11-22-14-21(24)26/h5-6,8-9,16,19,22H,3-4,7,10-15H2,1-2H3. The van der Waals surface area contributed by atoms with E-state index >= 15 is 0 Å². The predicted octanol–water partition coefficient (Wildman–Crippen LogP) is 2.17. The molecule has 5 nitrogen and oxygen atoms in total. The summed E-state index contributed by atoms with van der Waals surface area (Å²) in [6.07, 6.45) is 3.32. The summed E-state index contributed by atoms with van der Waals surface area (Å²) in [6.45, 7) is 7.93. The maximum Gasteiger partial charge on any atom is 0.236 e. The second-order valence-electron chi connectivity index (χ2n) is 7.80. The molecule has 5 heteroatoms. The van der Waals surface area contributed by atoms with Gasteiger partial charge in [0.1, 0.15) is 0 Å². The molecule has 2 heterocycles. The highest BCUT2D eigenvalue weighted by Crippen LogP contribution is 2.19. The molecule has 0 spiro atoms. The van der Waals surface area contributed by atoms with E-state index in [1.54, 1.807) is 0 Å². The first-order valence-electron chi connectivity index (χ1n) is 9.91. The minimum Gasteiger partial charge on any atom is -0.341 e. The number of aryl methyl sites for hydroxylation is 1. The number of carbonyl (C=O) groups is 2. The molecule has 0 aliphatic carbocycles. The lowest BCUT2D eigenvalue weighted by atomic mass is 9.99. The zero-order valence-electron chi connectivity index (χ0n) is 16.0. The van der Waals surface area contributed by atoms with Gasteiger partial charge in [-0.1, -0.05) is 38.1 Å². The Morgan fingerprint density at radius 1 is 1.23 bits per heavy atom. The van der Waals surface area contributed by atoms with Crippen LogP contribution in [0.15, 0.2) is 24.3 Å². The number of nitrogens with one attached hydrogen (secondary N) is 1. The molecule has 2 amide bonds. The molecule has 2 saturated heterocycles. The molecule has 3 rings (SSSR count). The number of piperazine rings is 1. The monoisotopic (exact) mass is 357 g/mol. The molecule has 2 aliphatic rings. The van der Waals surface area contributed by atoms with Gasteiger partial charge in [0.15, 0.2) is 0 Å².